The van der Waals surface area contributed by atoms with E-state index in [0.29, 0.717) is 11.1 Å². The van der Waals surface area contributed by atoms with Crippen LogP contribution in [-0.4, -0.2) is 13.5 Å². The second-order valence-corrected chi connectivity index (χ2v) is 6.43. The summed E-state index contributed by atoms with van der Waals surface area (Å²) in [6.45, 7) is 2.92. The van der Waals surface area contributed by atoms with Gasteiger partial charge in [0.2, 0.25) is 0 Å². The Kier molecular flexibility index (Phi) is 4.29. The van der Waals surface area contributed by atoms with E-state index in [1.807, 2.05) is 0 Å². The summed E-state index contributed by atoms with van der Waals surface area (Å²) >= 11 is 0. The third-order valence-electron chi connectivity index (χ3n) is 3.24. The van der Waals surface area contributed by atoms with Crippen molar-refractivity contribution in [2.75, 3.05) is 4.72 Å². The van der Waals surface area contributed by atoms with Gasteiger partial charge in [0.25, 0.3) is 10.0 Å². The van der Waals surface area contributed by atoms with Crippen LogP contribution in [0, 0.1) is 19.7 Å². The number of benzene rings is 2. The van der Waals surface area contributed by atoms with Gasteiger partial charge in [0.1, 0.15) is 5.82 Å². The van der Waals surface area contributed by atoms with Crippen LogP contribution in [0.2, 0.25) is 0 Å². The molecule has 0 unspecified atom stereocenters. The highest BCUT2D eigenvalue weighted by Crippen LogP contribution is 2.24. The molecule has 0 aliphatic heterocycles. The first kappa shape index (κ1) is 15.5. The van der Waals surface area contributed by atoms with Gasteiger partial charge in [-0.05, 0) is 43.2 Å². The van der Waals surface area contributed by atoms with E-state index >= 15 is 0 Å². The Hall–Kier alpha value is -1.92. The molecular weight excluding hydrogens is 293 g/mol. The second kappa shape index (κ2) is 5.83. The molecule has 0 aliphatic carbocycles. The van der Waals surface area contributed by atoms with E-state index in [-0.39, 0.29) is 22.8 Å². The van der Waals surface area contributed by atoms with Crippen LogP contribution in [0.15, 0.2) is 41.3 Å². The molecule has 0 amide bonds. The molecule has 2 rings (SSSR count). The highest BCUT2D eigenvalue weighted by Gasteiger charge is 2.19. The van der Waals surface area contributed by atoms with E-state index in [1.165, 1.54) is 31.2 Å². The molecule has 0 saturated carbocycles. The summed E-state index contributed by atoms with van der Waals surface area (Å²) in [5.74, 6) is -0.476. The molecule has 0 atom stereocenters. The minimum atomic E-state index is -3.84. The van der Waals surface area contributed by atoms with E-state index in [9.17, 15) is 12.8 Å². The predicted molar refractivity (Wildman–Crippen MR) is 79.0 cm³/mol. The van der Waals surface area contributed by atoms with Crippen molar-refractivity contribution in [2.24, 2.45) is 0 Å². The lowest BCUT2D eigenvalue weighted by atomic mass is 10.2. The van der Waals surface area contributed by atoms with Crippen LogP contribution >= 0.6 is 0 Å². The fourth-order valence-electron chi connectivity index (χ4n) is 1.95. The molecule has 0 fully saturated rings. The Bertz CT molecular complexity index is 772. The number of sulfonamides is 1. The van der Waals surface area contributed by atoms with E-state index in [0.717, 1.165) is 0 Å². The van der Waals surface area contributed by atoms with Gasteiger partial charge in [-0.3, -0.25) is 4.72 Å². The van der Waals surface area contributed by atoms with Crippen LogP contribution in [-0.2, 0) is 16.6 Å². The van der Waals surface area contributed by atoms with Crippen LogP contribution < -0.4 is 4.72 Å². The standard InChI is InChI=1S/C15H16FNO3S/c1-10-6-7-12(9-18)8-15(10)21(19,20)17-14-5-3-4-13(16)11(14)2/h3-8,17-18H,9H2,1-2H3. The number of anilines is 1. The maximum atomic E-state index is 13.5. The fourth-order valence-corrected chi connectivity index (χ4v) is 3.37. The summed E-state index contributed by atoms with van der Waals surface area (Å²) in [6, 6.07) is 8.90. The predicted octanol–water partition coefficient (Wildman–Crippen LogP) is 2.74. The molecule has 2 aromatic carbocycles. The van der Waals surface area contributed by atoms with Crippen molar-refractivity contribution in [3.63, 3.8) is 0 Å². The van der Waals surface area contributed by atoms with E-state index in [4.69, 9.17) is 5.11 Å². The minimum absolute atomic E-state index is 0.0673. The summed E-state index contributed by atoms with van der Waals surface area (Å²) < 4.78 is 40.8. The van der Waals surface area contributed by atoms with Crippen LogP contribution in [0.3, 0.4) is 0 Å². The Labute approximate surface area is 123 Å². The molecule has 0 saturated heterocycles. The monoisotopic (exact) mass is 309 g/mol. The smallest absolute Gasteiger partial charge is 0.262 e. The molecule has 0 heterocycles. The van der Waals surface area contributed by atoms with Gasteiger partial charge >= 0.3 is 0 Å². The first-order valence-electron chi connectivity index (χ1n) is 6.33. The van der Waals surface area contributed by atoms with Gasteiger partial charge < -0.3 is 5.11 Å². The van der Waals surface area contributed by atoms with Crippen molar-refractivity contribution in [3.8, 4) is 0 Å². The minimum Gasteiger partial charge on any atom is -0.392 e. The third-order valence-corrected chi connectivity index (χ3v) is 4.74. The largest absolute Gasteiger partial charge is 0.392 e. The molecule has 2 N–H and O–H groups in total. The molecule has 0 aromatic heterocycles. The summed E-state index contributed by atoms with van der Waals surface area (Å²) in [5, 5.41) is 9.12. The van der Waals surface area contributed by atoms with Gasteiger partial charge in [-0.25, -0.2) is 12.8 Å². The van der Waals surface area contributed by atoms with Gasteiger partial charge in [0, 0.05) is 5.56 Å². The molecule has 4 nitrogen and oxygen atoms in total. The number of hydrogen-bond donors (Lipinski definition) is 2. The molecule has 112 valence electrons. The molecule has 6 heteroatoms. The van der Waals surface area contributed by atoms with Crippen molar-refractivity contribution >= 4 is 15.7 Å². The molecule has 0 aliphatic rings. The van der Waals surface area contributed by atoms with Crippen LogP contribution in [0.1, 0.15) is 16.7 Å². The van der Waals surface area contributed by atoms with Crippen molar-refractivity contribution < 1.29 is 17.9 Å². The summed E-state index contributed by atoms with van der Waals surface area (Å²) in [5.41, 5.74) is 1.48. The van der Waals surface area contributed by atoms with Crippen molar-refractivity contribution in [1.82, 2.24) is 0 Å². The lowest BCUT2D eigenvalue weighted by molar-refractivity contribution is 0.281. The summed E-state index contributed by atoms with van der Waals surface area (Å²) in [6.07, 6.45) is 0. The lowest BCUT2D eigenvalue weighted by Crippen LogP contribution is -2.15. The number of aliphatic hydroxyl groups excluding tert-OH is 1. The lowest BCUT2D eigenvalue weighted by Gasteiger charge is -2.13. The maximum absolute atomic E-state index is 13.5. The first-order valence-corrected chi connectivity index (χ1v) is 7.82. The first-order chi connectivity index (χ1) is 9.85. The van der Waals surface area contributed by atoms with E-state index < -0.39 is 15.8 Å². The fraction of sp³-hybridized carbons (Fsp3) is 0.200. The number of aliphatic hydroxyl groups is 1. The third kappa shape index (κ3) is 3.22. The zero-order valence-electron chi connectivity index (χ0n) is 11.7. The molecular formula is C15H16FNO3S. The normalized spacial score (nSPS) is 11.4. The van der Waals surface area contributed by atoms with Crippen molar-refractivity contribution in [1.29, 1.82) is 0 Å². The quantitative estimate of drug-likeness (QED) is 0.912. The van der Waals surface area contributed by atoms with Crippen LogP contribution in [0.25, 0.3) is 0 Å². The number of halogens is 1. The molecule has 21 heavy (non-hydrogen) atoms. The van der Waals surface area contributed by atoms with Crippen molar-refractivity contribution in [2.45, 2.75) is 25.3 Å². The van der Waals surface area contributed by atoms with Gasteiger partial charge in [-0.15, -0.1) is 0 Å². The second-order valence-electron chi connectivity index (χ2n) is 4.78. The average Bonchev–Trinajstić information content (AvgIpc) is 2.44. The molecule has 2 aromatic rings. The average molecular weight is 309 g/mol. The van der Waals surface area contributed by atoms with Gasteiger partial charge in [-0.1, -0.05) is 18.2 Å². The van der Waals surface area contributed by atoms with Gasteiger partial charge in [-0.2, -0.15) is 0 Å². The molecule has 0 bridgehead atoms. The number of aryl methyl sites for hydroxylation is 1. The number of nitrogens with one attached hydrogen (secondary N) is 1. The highest BCUT2D eigenvalue weighted by molar-refractivity contribution is 7.92. The Morgan fingerprint density at radius 1 is 1.19 bits per heavy atom. The number of rotatable bonds is 4. The maximum Gasteiger partial charge on any atom is 0.262 e. The van der Waals surface area contributed by atoms with Gasteiger partial charge in [0.05, 0.1) is 17.2 Å². The Morgan fingerprint density at radius 3 is 2.57 bits per heavy atom. The number of hydrogen-bond acceptors (Lipinski definition) is 3. The zero-order valence-corrected chi connectivity index (χ0v) is 12.5. The topological polar surface area (TPSA) is 66.4 Å². The van der Waals surface area contributed by atoms with Crippen molar-refractivity contribution in [3.05, 3.63) is 58.9 Å². The molecule has 0 spiro atoms. The highest BCUT2D eigenvalue weighted by atomic mass is 32.2. The Balaban J connectivity index is 2.46. The summed E-state index contributed by atoms with van der Waals surface area (Å²) in [7, 11) is -3.84. The van der Waals surface area contributed by atoms with E-state index in [1.54, 1.807) is 19.1 Å². The van der Waals surface area contributed by atoms with Crippen LogP contribution in [0.5, 0.6) is 0 Å². The molecule has 0 radical (unpaired) electrons. The summed E-state index contributed by atoms with van der Waals surface area (Å²) in [4.78, 5) is 0.0673. The van der Waals surface area contributed by atoms with E-state index in [2.05, 4.69) is 4.72 Å². The Morgan fingerprint density at radius 2 is 1.90 bits per heavy atom. The SMILES string of the molecule is Cc1ccc(CO)cc1S(=O)(=O)Nc1cccc(F)c1C. The zero-order chi connectivity index (χ0) is 15.6. The van der Waals surface area contributed by atoms with Gasteiger partial charge in [0.15, 0.2) is 0 Å². The van der Waals surface area contributed by atoms with Crippen LogP contribution in [0.4, 0.5) is 10.1 Å².